The van der Waals surface area contributed by atoms with Gasteiger partial charge in [0.2, 0.25) is 0 Å². The molecule has 1 aromatic rings. The van der Waals surface area contributed by atoms with Crippen LogP contribution in [-0.2, 0) is 17.6 Å². The van der Waals surface area contributed by atoms with Crippen LogP contribution < -0.4 is 4.74 Å². The van der Waals surface area contributed by atoms with Gasteiger partial charge in [0.25, 0.3) is 5.91 Å². The molecule has 4 nitrogen and oxygen atoms in total. The molecule has 1 aromatic heterocycles. The summed E-state index contributed by atoms with van der Waals surface area (Å²) in [5.41, 5.74) is 2.35. The lowest BCUT2D eigenvalue weighted by molar-refractivity contribution is -0.133. The SMILES string of the molecule is CCCCN(CC)C(=O)COc1ccnc2c1CCCC2. The zero-order chi connectivity index (χ0) is 15.1. The maximum Gasteiger partial charge on any atom is 0.260 e. The summed E-state index contributed by atoms with van der Waals surface area (Å²) in [6, 6.07) is 1.89. The van der Waals surface area contributed by atoms with Gasteiger partial charge in [-0.1, -0.05) is 13.3 Å². The number of pyridine rings is 1. The number of aryl methyl sites for hydroxylation is 1. The minimum Gasteiger partial charge on any atom is -0.483 e. The fourth-order valence-electron chi connectivity index (χ4n) is 2.77. The van der Waals surface area contributed by atoms with Crippen molar-refractivity contribution >= 4 is 5.91 Å². The number of amides is 1. The highest BCUT2D eigenvalue weighted by Gasteiger charge is 2.17. The van der Waals surface area contributed by atoms with E-state index in [0.29, 0.717) is 0 Å². The highest BCUT2D eigenvalue weighted by Crippen LogP contribution is 2.27. The first-order valence-electron chi connectivity index (χ1n) is 8.13. The molecule has 0 spiro atoms. The number of rotatable bonds is 7. The molecule has 1 aliphatic rings. The molecule has 1 heterocycles. The summed E-state index contributed by atoms with van der Waals surface area (Å²) in [6.07, 6.45) is 8.35. The van der Waals surface area contributed by atoms with Gasteiger partial charge >= 0.3 is 0 Å². The summed E-state index contributed by atoms with van der Waals surface area (Å²) in [5.74, 6) is 0.923. The van der Waals surface area contributed by atoms with Gasteiger partial charge in [-0.3, -0.25) is 9.78 Å². The number of hydrogen-bond acceptors (Lipinski definition) is 3. The monoisotopic (exact) mass is 290 g/mol. The van der Waals surface area contributed by atoms with E-state index in [2.05, 4.69) is 11.9 Å². The molecule has 0 aliphatic heterocycles. The average molecular weight is 290 g/mol. The number of fused-ring (bicyclic) bond motifs is 1. The highest BCUT2D eigenvalue weighted by molar-refractivity contribution is 5.77. The van der Waals surface area contributed by atoms with Crippen molar-refractivity contribution < 1.29 is 9.53 Å². The van der Waals surface area contributed by atoms with Crippen molar-refractivity contribution in [2.75, 3.05) is 19.7 Å². The Kier molecular flexibility index (Phi) is 6.03. The second-order valence-corrected chi connectivity index (χ2v) is 5.56. The molecule has 0 saturated heterocycles. The lowest BCUT2D eigenvalue weighted by atomic mass is 9.95. The number of likely N-dealkylation sites (N-methyl/N-ethyl adjacent to an activating group) is 1. The molecule has 0 unspecified atom stereocenters. The zero-order valence-corrected chi connectivity index (χ0v) is 13.2. The van der Waals surface area contributed by atoms with Crippen LogP contribution in [-0.4, -0.2) is 35.5 Å². The Hall–Kier alpha value is -1.58. The molecule has 0 fully saturated rings. The molecule has 0 saturated carbocycles. The van der Waals surface area contributed by atoms with Crippen LogP contribution in [0, 0.1) is 0 Å². The number of carbonyl (C=O) groups excluding carboxylic acids is 1. The molecule has 0 N–H and O–H groups in total. The Balaban J connectivity index is 1.94. The number of unbranched alkanes of at least 4 members (excludes halogenated alkanes) is 1. The van der Waals surface area contributed by atoms with Crippen LogP contribution >= 0.6 is 0 Å². The van der Waals surface area contributed by atoms with Crippen molar-refractivity contribution in [1.29, 1.82) is 0 Å². The van der Waals surface area contributed by atoms with Gasteiger partial charge < -0.3 is 9.64 Å². The van der Waals surface area contributed by atoms with Gasteiger partial charge in [-0.25, -0.2) is 0 Å². The quantitative estimate of drug-likeness (QED) is 0.775. The fourth-order valence-corrected chi connectivity index (χ4v) is 2.77. The van der Waals surface area contributed by atoms with Crippen LogP contribution in [0.5, 0.6) is 5.75 Å². The summed E-state index contributed by atoms with van der Waals surface area (Å²) >= 11 is 0. The average Bonchev–Trinajstić information content (AvgIpc) is 2.53. The van der Waals surface area contributed by atoms with E-state index >= 15 is 0 Å². The molecule has 1 amide bonds. The lowest BCUT2D eigenvalue weighted by Crippen LogP contribution is -2.35. The van der Waals surface area contributed by atoms with Crippen molar-refractivity contribution in [3.05, 3.63) is 23.5 Å². The topological polar surface area (TPSA) is 42.4 Å². The number of ether oxygens (including phenoxy) is 1. The normalized spacial score (nSPS) is 13.6. The first-order valence-corrected chi connectivity index (χ1v) is 8.13. The largest absolute Gasteiger partial charge is 0.483 e. The Morgan fingerprint density at radius 2 is 2.14 bits per heavy atom. The molecule has 4 heteroatoms. The summed E-state index contributed by atoms with van der Waals surface area (Å²) < 4.78 is 5.80. The van der Waals surface area contributed by atoms with E-state index in [0.717, 1.165) is 50.2 Å². The lowest BCUT2D eigenvalue weighted by Gasteiger charge is -2.22. The maximum atomic E-state index is 12.2. The van der Waals surface area contributed by atoms with Crippen LogP contribution in [0.25, 0.3) is 0 Å². The smallest absolute Gasteiger partial charge is 0.260 e. The zero-order valence-electron chi connectivity index (χ0n) is 13.2. The van der Waals surface area contributed by atoms with E-state index in [1.165, 1.54) is 18.4 Å². The van der Waals surface area contributed by atoms with Gasteiger partial charge in [0.05, 0.1) is 0 Å². The van der Waals surface area contributed by atoms with Crippen molar-refractivity contribution in [3.8, 4) is 5.75 Å². The van der Waals surface area contributed by atoms with Gasteiger partial charge in [-0.05, 0) is 45.1 Å². The Morgan fingerprint density at radius 3 is 2.90 bits per heavy atom. The van der Waals surface area contributed by atoms with Crippen molar-refractivity contribution in [1.82, 2.24) is 9.88 Å². The van der Waals surface area contributed by atoms with E-state index in [1.807, 2.05) is 17.9 Å². The van der Waals surface area contributed by atoms with Crippen molar-refractivity contribution in [2.45, 2.75) is 52.4 Å². The summed E-state index contributed by atoms with van der Waals surface area (Å²) in [5, 5.41) is 0. The van der Waals surface area contributed by atoms with Crippen LogP contribution in [0.1, 0.15) is 50.8 Å². The minimum atomic E-state index is 0.0762. The van der Waals surface area contributed by atoms with Gasteiger partial charge in [0, 0.05) is 30.5 Å². The van der Waals surface area contributed by atoms with Crippen LogP contribution in [0.4, 0.5) is 0 Å². The number of nitrogens with zero attached hydrogens (tertiary/aromatic N) is 2. The third-order valence-corrected chi connectivity index (χ3v) is 4.06. The Morgan fingerprint density at radius 1 is 1.33 bits per heavy atom. The van der Waals surface area contributed by atoms with Crippen LogP contribution in [0.15, 0.2) is 12.3 Å². The second-order valence-electron chi connectivity index (χ2n) is 5.56. The van der Waals surface area contributed by atoms with E-state index in [9.17, 15) is 4.79 Å². The number of hydrogen-bond donors (Lipinski definition) is 0. The van der Waals surface area contributed by atoms with Gasteiger partial charge in [-0.15, -0.1) is 0 Å². The van der Waals surface area contributed by atoms with E-state index in [1.54, 1.807) is 6.20 Å². The standard InChI is InChI=1S/C17H26N2O2/c1-3-5-12-19(4-2)17(20)13-21-16-10-11-18-15-9-7-6-8-14(15)16/h10-11H,3-9,12-13H2,1-2H3. The molecule has 0 aromatic carbocycles. The van der Waals surface area contributed by atoms with Crippen LogP contribution in [0.3, 0.4) is 0 Å². The molecule has 1 aliphatic carbocycles. The van der Waals surface area contributed by atoms with E-state index in [4.69, 9.17) is 4.74 Å². The molecule has 116 valence electrons. The first kappa shape index (κ1) is 15.8. The third-order valence-electron chi connectivity index (χ3n) is 4.06. The molecule has 2 rings (SSSR count). The van der Waals surface area contributed by atoms with Gasteiger partial charge in [0.1, 0.15) is 5.75 Å². The summed E-state index contributed by atoms with van der Waals surface area (Å²) in [6.45, 7) is 5.86. The van der Waals surface area contributed by atoms with Gasteiger partial charge in [0.15, 0.2) is 6.61 Å². The summed E-state index contributed by atoms with van der Waals surface area (Å²) in [4.78, 5) is 18.5. The predicted octanol–water partition coefficient (Wildman–Crippen LogP) is 2.99. The number of aromatic nitrogens is 1. The van der Waals surface area contributed by atoms with Crippen molar-refractivity contribution in [3.63, 3.8) is 0 Å². The number of carbonyl (C=O) groups is 1. The minimum absolute atomic E-state index is 0.0762. The third kappa shape index (κ3) is 4.19. The molecule has 0 radical (unpaired) electrons. The molecular weight excluding hydrogens is 264 g/mol. The Labute approximate surface area is 127 Å². The molecular formula is C17H26N2O2. The predicted molar refractivity (Wildman–Crippen MR) is 83.5 cm³/mol. The molecule has 0 atom stereocenters. The highest BCUT2D eigenvalue weighted by atomic mass is 16.5. The fraction of sp³-hybridized carbons (Fsp3) is 0.647. The van der Waals surface area contributed by atoms with E-state index in [-0.39, 0.29) is 12.5 Å². The molecule has 21 heavy (non-hydrogen) atoms. The Bertz CT molecular complexity index is 474. The second kappa shape index (κ2) is 8.01. The van der Waals surface area contributed by atoms with Crippen molar-refractivity contribution in [2.24, 2.45) is 0 Å². The first-order chi connectivity index (χ1) is 10.3. The summed E-state index contributed by atoms with van der Waals surface area (Å²) in [7, 11) is 0. The molecule has 0 bridgehead atoms. The van der Waals surface area contributed by atoms with E-state index < -0.39 is 0 Å². The maximum absolute atomic E-state index is 12.2. The van der Waals surface area contributed by atoms with Gasteiger partial charge in [-0.2, -0.15) is 0 Å². The van der Waals surface area contributed by atoms with Crippen LogP contribution in [0.2, 0.25) is 0 Å².